The Kier molecular flexibility index (Phi) is 1.30. The fourth-order valence-corrected chi connectivity index (χ4v) is 1.34. The lowest BCUT2D eigenvalue weighted by atomic mass is 10.0. The van der Waals surface area contributed by atoms with E-state index in [0.717, 1.165) is 12.3 Å². The van der Waals surface area contributed by atoms with Crippen LogP contribution in [0.15, 0.2) is 16.9 Å². The number of aliphatic carboxylic acids is 1. The average Bonchev–Trinajstić information content (AvgIpc) is 2.52. The highest BCUT2D eigenvalue weighted by atomic mass is 19.3. The summed E-state index contributed by atoms with van der Waals surface area (Å²) in [5, 5.41) is 11.9. The molecular weight excluding hydrogens is 184 g/mol. The van der Waals surface area contributed by atoms with E-state index in [0.29, 0.717) is 0 Å². The van der Waals surface area contributed by atoms with Crippen LogP contribution in [0, 0.1) is 0 Å². The van der Waals surface area contributed by atoms with Gasteiger partial charge in [0, 0.05) is 12.5 Å². The van der Waals surface area contributed by atoms with E-state index < -0.39 is 23.7 Å². The number of alkyl halides is 2. The lowest BCUT2D eigenvalue weighted by molar-refractivity contribution is -0.143. The second-order valence-electron chi connectivity index (χ2n) is 2.98. The van der Waals surface area contributed by atoms with Crippen LogP contribution in [0.1, 0.15) is 12.1 Å². The van der Waals surface area contributed by atoms with Crippen molar-refractivity contribution in [1.29, 1.82) is 0 Å². The summed E-state index contributed by atoms with van der Waals surface area (Å²) in [5.41, 5.74) is -2.37. The highest BCUT2D eigenvalue weighted by Gasteiger charge is 2.78. The molecule has 1 unspecified atom stereocenters. The van der Waals surface area contributed by atoms with E-state index in [9.17, 15) is 13.6 Å². The molecule has 1 heterocycles. The lowest BCUT2D eigenvalue weighted by Gasteiger charge is -2.05. The van der Waals surface area contributed by atoms with E-state index in [1.807, 2.05) is 0 Å². The number of nitrogens with zero attached hydrogens (tertiary/aromatic N) is 1. The van der Waals surface area contributed by atoms with E-state index in [2.05, 4.69) is 9.68 Å². The molecule has 0 amide bonds. The maximum atomic E-state index is 12.8. The predicted octanol–water partition coefficient (Wildman–Crippen LogP) is 1.04. The molecule has 1 aliphatic rings. The van der Waals surface area contributed by atoms with Crippen LogP contribution in [0.4, 0.5) is 8.78 Å². The predicted molar refractivity (Wildman–Crippen MR) is 35.4 cm³/mol. The summed E-state index contributed by atoms with van der Waals surface area (Å²) in [6.45, 7) is 0. The van der Waals surface area contributed by atoms with Gasteiger partial charge in [0.15, 0.2) is 5.41 Å². The SMILES string of the molecule is O=C(O)C1(c2ccon2)CC1(F)F. The van der Waals surface area contributed by atoms with Crippen LogP contribution in [-0.4, -0.2) is 22.2 Å². The van der Waals surface area contributed by atoms with E-state index in [1.54, 1.807) is 0 Å². The smallest absolute Gasteiger partial charge is 0.322 e. The van der Waals surface area contributed by atoms with Crippen LogP contribution in [0.5, 0.6) is 0 Å². The Morgan fingerprint density at radius 1 is 1.69 bits per heavy atom. The highest BCUT2D eigenvalue weighted by Crippen LogP contribution is 2.61. The van der Waals surface area contributed by atoms with Gasteiger partial charge in [-0.05, 0) is 0 Å². The Labute approximate surface area is 71.1 Å². The fraction of sp³-hybridized carbons (Fsp3) is 0.429. The second kappa shape index (κ2) is 2.07. The number of rotatable bonds is 2. The van der Waals surface area contributed by atoms with Crippen molar-refractivity contribution >= 4 is 5.97 Å². The minimum Gasteiger partial charge on any atom is -0.480 e. The molecule has 1 fully saturated rings. The molecule has 0 radical (unpaired) electrons. The first-order valence-electron chi connectivity index (χ1n) is 3.53. The summed E-state index contributed by atoms with van der Waals surface area (Å²) in [5.74, 6) is -4.78. The van der Waals surface area contributed by atoms with Crippen LogP contribution < -0.4 is 0 Å². The van der Waals surface area contributed by atoms with Crippen molar-refractivity contribution in [1.82, 2.24) is 5.16 Å². The molecule has 0 aliphatic heterocycles. The van der Waals surface area contributed by atoms with Gasteiger partial charge in [0.2, 0.25) is 0 Å². The van der Waals surface area contributed by atoms with Crippen LogP contribution in [0.2, 0.25) is 0 Å². The van der Waals surface area contributed by atoms with E-state index in [1.165, 1.54) is 0 Å². The quantitative estimate of drug-likeness (QED) is 0.754. The molecule has 70 valence electrons. The number of halogens is 2. The van der Waals surface area contributed by atoms with Gasteiger partial charge in [-0.15, -0.1) is 0 Å². The molecule has 6 heteroatoms. The molecule has 1 aliphatic carbocycles. The van der Waals surface area contributed by atoms with Crippen molar-refractivity contribution in [3.8, 4) is 0 Å². The first kappa shape index (κ1) is 8.15. The molecule has 0 spiro atoms. The largest absolute Gasteiger partial charge is 0.480 e. The van der Waals surface area contributed by atoms with Gasteiger partial charge < -0.3 is 9.63 Å². The lowest BCUT2D eigenvalue weighted by Crippen LogP contribution is -2.27. The molecule has 4 nitrogen and oxygen atoms in total. The van der Waals surface area contributed by atoms with Crippen LogP contribution >= 0.6 is 0 Å². The van der Waals surface area contributed by atoms with Crippen molar-refractivity contribution in [3.63, 3.8) is 0 Å². The van der Waals surface area contributed by atoms with Gasteiger partial charge in [0.1, 0.15) is 12.0 Å². The van der Waals surface area contributed by atoms with E-state index in [4.69, 9.17) is 5.11 Å². The first-order valence-corrected chi connectivity index (χ1v) is 3.53. The van der Waals surface area contributed by atoms with Gasteiger partial charge in [-0.1, -0.05) is 5.16 Å². The molecule has 13 heavy (non-hydrogen) atoms. The maximum Gasteiger partial charge on any atom is 0.322 e. The Morgan fingerprint density at radius 2 is 2.31 bits per heavy atom. The average molecular weight is 189 g/mol. The number of carboxylic acid groups (broad SMARTS) is 1. The van der Waals surface area contributed by atoms with Crippen LogP contribution in [-0.2, 0) is 10.2 Å². The molecule has 1 atom stereocenters. The Morgan fingerprint density at radius 3 is 2.62 bits per heavy atom. The van der Waals surface area contributed by atoms with Gasteiger partial charge in [-0.2, -0.15) is 0 Å². The minimum absolute atomic E-state index is 0.218. The summed E-state index contributed by atoms with van der Waals surface area (Å²) in [6.07, 6.45) is 0.371. The standard InChI is InChI=1S/C7H5F2NO3/c8-7(9)3-6(7,5(11)12)4-1-2-13-10-4/h1-2H,3H2,(H,11,12). The molecule has 1 saturated carbocycles. The van der Waals surface area contributed by atoms with Gasteiger partial charge in [-0.25, -0.2) is 8.78 Å². The summed E-state index contributed by atoms with van der Waals surface area (Å²) in [7, 11) is 0. The minimum atomic E-state index is -3.21. The van der Waals surface area contributed by atoms with Gasteiger partial charge in [-0.3, -0.25) is 4.79 Å². The highest BCUT2D eigenvalue weighted by molar-refractivity contribution is 5.86. The number of carbonyl (C=O) groups is 1. The van der Waals surface area contributed by atoms with Crippen molar-refractivity contribution in [2.45, 2.75) is 17.8 Å². The summed E-state index contributed by atoms with van der Waals surface area (Å²) < 4.78 is 29.9. The zero-order valence-corrected chi connectivity index (χ0v) is 6.33. The molecule has 0 aromatic carbocycles. The molecule has 2 rings (SSSR count). The molecule has 0 bridgehead atoms. The van der Waals surface area contributed by atoms with E-state index >= 15 is 0 Å². The molecule has 1 aromatic rings. The van der Waals surface area contributed by atoms with Crippen LogP contribution in [0.25, 0.3) is 0 Å². The topological polar surface area (TPSA) is 63.3 Å². The fourth-order valence-electron chi connectivity index (χ4n) is 1.34. The van der Waals surface area contributed by atoms with Crippen molar-refractivity contribution < 1.29 is 23.2 Å². The Hall–Kier alpha value is -1.46. The van der Waals surface area contributed by atoms with Crippen molar-refractivity contribution in [2.24, 2.45) is 0 Å². The summed E-state index contributed by atoms with van der Waals surface area (Å²) in [6, 6.07) is 1.15. The molecule has 1 aromatic heterocycles. The number of hydrogen-bond acceptors (Lipinski definition) is 3. The summed E-state index contributed by atoms with van der Waals surface area (Å²) in [4.78, 5) is 10.6. The third-order valence-corrected chi connectivity index (χ3v) is 2.23. The van der Waals surface area contributed by atoms with Gasteiger partial charge in [0.05, 0.1) is 0 Å². The van der Waals surface area contributed by atoms with Crippen LogP contribution in [0.3, 0.4) is 0 Å². The normalized spacial score (nSPS) is 30.0. The first-order chi connectivity index (χ1) is 6.01. The number of carboxylic acids is 1. The van der Waals surface area contributed by atoms with E-state index in [-0.39, 0.29) is 5.69 Å². The Balaban J connectivity index is 2.45. The number of hydrogen-bond donors (Lipinski definition) is 1. The zero-order chi connectivity index (χ0) is 9.69. The third kappa shape index (κ3) is 0.824. The summed E-state index contributed by atoms with van der Waals surface area (Å²) >= 11 is 0. The van der Waals surface area contributed by atoms with Crippen molar-refractivity contribution in [2.75, 3.05) is 0 Å². The van der Waals surface area contributed by atoms with Gasteiger partial charge >= 0.3 is 5.97 Å². The Bertz CT molecular complexity index is 349. The zero-order valence-electron chi connectivity index (χ0n) is 6.33. The second-order valence-corrected chi connectivity index (χ2v) is 2.98. The van der Waals surface area contributed by atoms with Gasteiger partial charge in [0.25, 0.3) is 5.92 Å². The molecule has 0 saturated heterocycles. The molecule has 1 N–H and O–H groups in total. The van der Waals surface area contributed by atoms with Crippen molar-refractivity contribution in [3.05, 3.63) is 18.0 Å². The number of aromatic nitrogens is 1. The molecular formula is C7H5F2NO3. The monoisotopic (exact) mass is 189 g/mol. The third-order valence-electron chi connectivity index (χ3n) is 2.23. The maximum absolute atomic E-state index is 12.8.